The Labute approximate surface area is 83.8 Å². The molecule has 0 aliphatic rings. The molecule has 0 radical (unpaired) electrons. The van der Waals surface area contributed by atoms with Crippen LogP contribution < -0.4 is 10.3 Å². The van der Waals surface area contributed by atoms with Gasteiger partial charge in [0.25, 0.3) is 0 Å². The van der Waals surface area contributed by atoms with E-state index in [0.29, 0.717) is 0 Å². The molecule has 0 spiro atoms. The van der Waals surface area contributed by atoms with E-state index in [4.69, 9.17) is 5.73 Å². The van der Waals surface area contributed by atoms with Crippen LogP contribution in [0.15, 0.2) is 30.6 Å². The normalized spacial score (nSPS) is 13.4. The lowest BCUT2D eigenvalue weighted by molar-refractivity contribution is -0.644. The van der Waals surface area contributed by atoms with E-state index < -0.39 is 0 Å². The van der Waals surface area contributed by atoms with Crippen molar-refractivity contribution in [2.24, 2.45) is 12.8 Å². The third-order valence-electron chi connectivity index (χ3n) is 2.41. The molecule has 0 aliphatic heterocycles. The van der Waals surface area contributed by atoms with Crippen molar-refractivity contribution >= 4 is 11.0 Å². The van der Waals surface area contributed by atoms with Crippen molar-refractivity contribution in [2.75, 3.05) is 0 Å². The van der Waals surface area contributed by atoms with Crippen molar-refractivity contribution in [3.8, 4) is 0 Å². The van der Waals surface area contributed by atoms with Crippen LogP contribution in [-0.4, -0.2) is 10.6 Å². The second kappa shape index (κ2) is 3.42. The monoisotopic (exact) mass is 190 g/mol. The highest BCUT2D eigenvalue weighted by Gasteiger charge is 2.08. The highest BCUT2D eigenvalue weighted by Crippen LogP contribution is 2.10. The summed E-state index contributed by atoms with van der Waals surface area (Å²) in [6.07, 6.45) is 4.15. The molecule has 14 heavy (non-hydrogen) atoms. The molecular weight excluding hydrogens is 174 g/mol. The van der Waals surface area contributed by atoms with Gasteiger partial charge in [0.05, 0.1) is 0 Å². The summed E-state index contributed by atoms with van der Waals surface area (Å²) in [6, 6.07) is 6.49. The lowest BCUT2D eigenvalue weighted by Crippen LogP contribution is -2.28. The first-order valence-electron chi connectivity index (χ1n) is 4.87. The topological polar surface area (TPSA) is 34.8 Å². The first kappa shape index (κ1) is 9.21. The van der Waals surface area contributed by atoms with Crippen LogP contribution in [0.25, 0.3) is 11.0 Å². The van der Waals surface area contributed by atoms with Gasteiger partial charge in [0.2, 0.25) is 5.52 Å². The van der Waals surface area contributed by atoms with E-state index in [2.05, 4.69) is 46.8 Å². The summed E-state index contributed by atoms with van der Waals surface area (Å²) in [5.74, 6) is 0. The number of nitrogens with two attached hydrogens (primary N) is 1. The standard InChI is InChI=1S/C11H16N3/c1-9(12)8-14-7-5-10-11(14)4-3-6-13(10)2/h3-7,9H,8,12H2,1-2H3/q+1. The minimum absolute atomic E-state index is 0.191. The molecule has 3 heteroatoms. The van der Waals surface area contributed by atoms with E-state index in [1.807, 2.05) is 6.92 Å². The minimum Gasteiger partial charge on any atom is -0.341 e. The highest BCUT2D eigenvalue weighted by atomic mass is 15.0. The van der Waals surface area contributed by atoms with Gasteiger partial charge in [0.15, 0.2) is 6.20 Å². The molecular formula is C11H16N3+. The van der Waals surface area contributed by atoms with Crippen LogP contribution in [0.4, 0.5) is 0 Å². The van der Waals surface area contributed by atoms with Crippen molar-refractivity contribution in [3.05, 3.63) is 30.6 Å². The van der Waals surface area contributed by atoms with E-state index in [-0.39, 0.29) is 6.04 Å². The van der Waals surface area contributed by atoms with Crippen LogP contribution >= 0.6 is 0 Å². The summed E-state index contributed by atoms with van der Waals surface area (Å²) in [5, 5.41) is 0. The molecule has 74 valence electrons. The van der Waals surface area contributed by atoms with Crippen molar-refractivity contribution in [1.29, 1.82) is 0 Å². The SMILES string of the molecule is CC(N)Cn1ccc2c1ccc[n+]2C. The smallest absolute Gasteiger partial charge is 0.230 e. The number of aromatic nitrogens is 2. The highest BCUT2D eigenvalue weighted by molar-refractivity contribution is 5.72. The van der Waals surface area contributed by atoms with Crippen LogP contribution in [0, 0.1) is 0 Å². The molecule has 2 heterocycles. The van der Waals surface area contributed by atoms with E-state index in [0.717, 1.165) is 6.54 Å². The Morgan fingerprint density at radius 2 is 2.29 bits per heavy atom. The van der Waals surface area contributed by atoms with Crippen molar-refractivity contribution in [3.63, 3.8) is 0 Å². The van der Waals surface area contributed by atoms with Gasteiger partial charge in [-0.25, -0.2) is 0 Å². The molecule has 2 aromatic rings. The first-order valence-corrected chi connectivity index (χ1v) is 4.87. The molecule has 0 saturated carbocycles. The second-order valence-electron chi connectivity index (χ2n) is 3.83. The predicted molar refractivity (Wildman–Crippen MR) is 56.8 cm³/mol. The number of fused-ring (bicyclic) bond motifs is 1. The first-order chi connectivity index (χ1) is 6.68. The zero-order valence-corrected chi connectivity index (χ0v) is 8.64. The molecule has 1 unspecified atom stereocenters. The Balaban J connectivity index is 2.52. The van der Waals surface area contributed by atoms with E-state index in [1.54, 1.807) is 0 Å². The van der Waals surface area contributed by atoms with Crippen molar-refractivity contribution < 1.29 is 4.57 Å². The van der Waals surface area contributed by atoms with E-state index >= 15 is 0 Å². The maximum absolute atomic E-state index is 5.79. The lowest BCUT2D eigenvalue weighted by Gasteiger charge is -2.06. The Kier molecular flexibility index (Phi) is 2.25. The zero-order valence-electron chi connectivity index (χ0n) is 8.64. The molecule has 0 bridgehead atoms. The van der Waals surface area contributed by atoms with Gasteiger partial charge in [0.1, 0.15) is 12.6 Å². The number of pyridine rings is 1. The number of nitrogens with zero attached hydrogens (tertiary/aromatic N) is 2. The maximum Gasteiger partial charge on any atom is 0.230 e. The molecule has 0 amide bonds. The number of rotatable bonds is 2. The van der Waals surface area contributed by atoms with E-state index in [1.165, 1.54) is 11.0 Å². The maximum atomic E-state index is 5.79. The molecule has 0 aromatic carbocycles. The van der Waals surface area contributed by atoms with Gasteiger partial charge >= 0.3 is 0 Å². The van der Waals surface area contributed by atoms with Gasteiger partial charge in [0, 0.05) is 30.9 Å². The number of hydrogen-bond acceptors (Lipinski definition) is 1. The summed E-state index contributed by atoms with van der Waals surface area (Å²) >= 11 is 0. The van der Waals surface area contributed by atoms with Gasteiger partial charge in [-0.15, -0.1) is 0 Å². The molecule has 1 atom stereocenters. The van der Waals surface area contributed by atoms with Crippen LogP contribution in [0.5, 0.6) is 0 Å². The summed E-state index contributed by atoms with van der Waals surface area (Å²) in [4.78, 5) is 0. The Morgan fingerprint density at radius 1 is 1.50 bits per heavy atom. The molecule has 2 N–H and O–H groups in total. The molecule has 2 aromatic heterocycles. The summed E-state index contributed by atoms with van der Waals surface area (Å²) in [7, 11) is 2.05. The van der Waals surface area contributed by atoms with Crippen LogP contribution in [0.2, 0.25) is 0 Å². The molecule has 2 rings (SSSR count). The summed E-state index contributed by atoms with van der Waals surface area (Å²) in [6.45, 7) is 2.89. The largest absolute Gasteiger partial charge is 0.341 e. The minimum atomic E-state index is 0.191. The fourth-order valence-electron chi connectivity index (χ4n) is 1.77. The van der Waals surface area contributed by atoms with Gasteiger partial charge < -0.3 is 10.3 Å². The Bertz CT molecular complexity index is 443. The average molecular weight is 190 g/mol. The molecule has 0 fully saturated rings. The van der Waals surface area contributed by atoms with Gasteiger partial charge in [-0.3, -0.25) is 0 Å². The van der Waals surface area contributed by atoms with Gasteiger partial charge in [-0.2, -0.15) is 4.57 Å². The Morgan fingerprint density at radius 3 is 3.00 bits per heavy atom. The van der Waals surface area contributed by atoms with Gasteiger partial charge in [-0.05, 0) is 13.0 Å². The third-order valence-corrected chi connectivity index (χ3v) is 2.41. The second-order valence-corrected chi connectivity index (χ2v) is 3.83. The Hall–Kier alpha value is -1.35. The van der Waals surface area contributed by atoms with Gasteiger partial charge in [-0.1, -0.05) is 0 Å². The van der Waals surface area contributed by atoms with Crippen LogP contribution in [0.1, 0.15) is 6.92 Å². The summed E-state index contributed by atoms with van der Waals surface area (Å²) in [5.41, 5.74) is 8.27. The molecule has 0 aliphatic carbocycles. The zero-order chi connectivity index (χ0) is 10.1. The third kappa shape index (κ3) is 1.51. The van der Waals surface area contributed by atoms with Crippen molar-refractivity contribution in [1.82, 2.24) is 4.57 Å². The fraction of sp³-hybridized carbons (Fsp3) is 0.364. The number of aryl methyl sites for hydroxylation is 1. The quantitative estimate of drug-likeness (QED) is 0.699. The van der Waals surface area contributed by atoms with Crippen LogP contribution in [0.3, 0.4) is 0 Å². The number of hydrogen-bond donors (Lipinski definition) is 1. The predicted octanol–water partition coefficient (Wildman–Crippen LogP) is 0.813. The fourth-order valence-corrected chi connectivity index (χ4v) is 1.77. The van der Waals surface area contributed by atoms with Crippen LogP contribution in [-0.2, 0) is 13.6 Å². The van der Waals surface area contributed by atoms with E-state index in [9.17, 15) is 0 Å². The molecule has 0 saturated heterocycles. The summed E-state index contributed by atoms with van der Waals surface area (Å²) < 4.78 is 4.31. The molecule has 3 nitrogen and oxygen atoms in total. The lowest BCUT2D eigenvalue weighted by atomic mass is 10.3. The van der Waals surface area contributed by atoms with Crippen molar-refractivity contribution in [2.45, 2.75) is 19.5 Å². The average Bonchev–Trinajstić information content (AvgIpc) is 2.49.